The third kappa shape index (κ3) is 5.84. The Balaban J connectivity index is 1.61. The maximum atomic E-state index is 13.4. The van der Waals surface area contributed by atoms with Crippen molar-refractivity contribution < 1.29 is 14.0 Å². The Morgan fingerprint density at radius 1 is 1.30 bits per heavy atom. The van der Waals surface area contributed by atoms with Crippen LogP contribution >= 0.6 is 0 Å². The van der Waals surface area contributed by atoms with Gasteiger partial charge in [-0.1, -0.05) is 6.42 Å². The number of carbonyl (C=O) groups is 2. The molecule has 2 heterocycles. The van der Waals surface area contributed by atoms with Gasteiger partial charge in [-0.3, -0.25) is 9.78 Å². The van der Waals surface area contributed by atoms with E-state index in [2.05, 4.69) is 15.6 Å². The van der Waals surface area contributed by atoms with E-state index < -0.39 is 5.82 Å². The standard InChI is InChI=1S/C16H23FN4O2/c17-13-6-4-8-18-14(13)12-20-16(23)19-9-5-11-21-10-3-1-2-7-15(21)22/h4,6,8H,1-3,5,7,9-12H2,(H2,19,20,23). The van der Waals surface area contributed by atoms with Crippen LogP contribution in [0, 0.1) is 5.82 Å². The molecule has 126 valence electrons. The normalized spacial score (nSPS) is 15.2. The average molecular weight is 322 g/mol. The summed E-state index contributed by atoms with van der Waals surface area (Å²) in [7, 11) is 0. The SMILES string of the molecule is O=C(NCCCN1CCCCCC1=O)NCc1ncccc1F. The molecule has 3 amide bonds. The molecule has 1 saturated heterocycles. The van der Waals surface area contributed by atoms with Crippen LogP contribution in [0.2, 0.25) is 0 Å². The van der Waals surface area contributed by atoms with Gasteiger partial charge in [0, 0.05) is 32.3 Å². The number of hydrogen-bond acceptors (Lipinski definition) is 3. The Morgan fingerprint density at radius 3 is 3.00 bits per heavy atom. The van der Waals surface area contributed by atoms with E-state index in [1.807, 2.05) is 4.90 Å². The molecule has 0 aromatic carbocycles. The number of nitrogens with one attached hydrogen (secondary N) is 2. The number of amides is 3. The number of urea groups is 1. The lowest BCUT2D eigenvalue weighted by atomic mass is 10.2. The first-order valence-corrected chi connectivity index (χ1v) is 8.05. The number of carbonyl (C=O) groups excluding carboxylic acids is 2. The zero-order valence-corrected chi connectivity index (χ0v) is 13.2. The highest BCUT2D eigenvalue weighted by Gasteiger charge is 2.15. The minimum absolute atomic E-state index is 0.0448. The van der Waals surface area contributed by atoms with E-state index in [0.29, 0.717) is 25.9 Å². The van der Waals surface area contributed by atoms with E-state index in [1.165, 1.54) is 18.3 Å². The molecule has 2 N–H and O–H groups in total. The second kappa shape index (κ2) is 9.07. The van der Waals surface area contributed by atoms with Gasteiger partial charge in [-0.25, -0.2) is 9.18 Å². The first-order valence-electron chi connectivity index (χ1n) is 8.05. The van der Waals surface area contributed by atoms with Crippen molar-refractivity contribution in [3.05, 3.63) is 29.8 Å². The Labute approximate surface area is 135 Å². The number of rotatable bonds is 6. The number of aromatic nitrogens is 1. The number of likely N-dealkylation sites (tertiary alicyclic amines) is 1. The van der Waals surface area contributed by atoms with Gasteiger partial charge >= 0.3 is 6.03 Å². The minimum atomic E-state index is -0.438. The lowest BCUT2D eigenvalue weighted by Gasteiger charge is -2.20. The predicted octanol–water partition coefficient (Wildman–Crippen LogP) is 1.81. The number of halogens is 1. The van der Waals surface area contributed by atoms with Crippen molar-refractivity contribution in [3.63, 3.8) is 0 Å². The summed E-state index contributed by atoms with van der Waals surface area (Å²) in [6.07, 6.45) is 5.94. The lowest BCUT2D eigenvalue weighted by molar-refractivity contribution is -0.130. The van der Waals surface area contributed by atoms with Crippen LogP contribution in [0.5, 0.6) is 0 Å². The molecule has 1 aromatic heterocycles. The molecule has 6 nitrogen and oxygen atoms in total. The summed E-state index contributed by atoms with van der Waals surface area (Å²) in [6, 6.07) is 2.45. The molecule has 0 radical (unpaired) electrons. The zero-order chi connectivity index (χ0) is 16.5. The number of pyridine rings is 1. The van der Waals surface area contributed by atoms with Crippen LogP contribution in [0.15, 0.2) is 18.3 Å². The Bertz CT molecular complexity index is 539. The topological polar surface area (TPSA) is 74.3 Å². The van der Waals surface area contributed by atoms with Crippen molar-refractivity contribution in [1.29, 1.82) is 0 Å². The molecule has 2 rings (SSSR count). The van der Waals surface area contributed by atoms with Crippen molar-refractivity contribution in [2.75, 3.05) is 19.6 Å². The largest absolute Gasteiger partial charge is 0.343 e. The van der Waals surface area contributed by atoms with Crippen molar-refractivity contribution in [3.8, 4) is 0 Å². The zero-order valence-electron chi connectivity index (χ0n) is 13.2. The second-order valence-corrected chi connectivity index (χ2v) is 5.59. The lowest BCUT2D eigenvalue weighted by Crippen LogP contribution is -2.38. The average Bonchev–Trinajstić information content (AvgIpc) is 2.75. The first-order chi connectivity index (χ1) is 11.2. The van der Waals surface area contributed by atoms with Gasteiger partial charge in [0.1, 0.15) is 5.82 Å². The molecular weight excluding hydrogens is 299 g/mol. The van der Waals surface area contributed by atoms with Gasteiger partial charge in [-0.05, 0) is 31.4 Å². The minimum Gasteiger partial charge on any atom is -0.343 e. The van der Waals surface area contributed by atoms with Crippen LogP contribution in [0.4, 0.5) is 9.18 Å². The monoisotopic (exact) mass is 322 g/mol. The van der Waals surface area contributed by atoms with Crippen LogP contribution in [-0.4, -0.2) is 41.5 Å². The van der Waals surface area contributed by atoms with Crippen molar-refractivity contribution in [2.45, 2.75) is 38.6 Å². The Hall–Kier alpha value is -2.18. The summed E-state index contributed by atoms with van der Waals surface area (Å²) in [5.74, 6) is -0.231. The summed E-state index contributed by atoms with van der Waals surface area (Å²) < 4.78 is 13.4. The summed E-state index contributed by atoms with van der Waals surface area (Å²) in [6.45, 7) is 1.99. The van der Waals surface area contributed by atoms with E-state index in [0.717, 1.165) is 25.8 Å². The molecule has 0 spiro atoms. The highest BCUT2D eigenvalue weighted by Crippen LogP contribution is 2.11. The molecule has 0 aliphatic carbocycles. The fourth-order valence-electron chi connectivity index (χ4n) is 2.52. The fraction of sp³-hybridized carbons (Fsp3) is 0.562. The van der Waals surface area contributed by atoms with Gasteiger partial charge in [-0.15, -0.1) is 0 Å². The van der Waals surface area contributed by atoms with Crippen LogP contribution in [0.1, 0.15) is 37.8 Å². The highest BCUT2D eigenvalue weighted by atomic mass is 19.1. The molecule has 0 saturated carbocycles. The fourth-order valence-corrected chi connectivity index (χ4v) is 2.52. The van der Waals surface area contributed by atoms with Gasteiger partial charge in [0.05, 0.1) is 12.2 Å². The third-order valence-corrected chi connectivity index (χ3v) is 3.81. The van der Waals surface area contributed by atoms with Crippen molar-refractivity contribution >= 4 is 11.9 Å². The summed E-state index contributed by atoms with van der Waals surface area (Å²) in [5, 5.41) is 5.27. The molecule has 1 aliphatic rings. The van der Waals surface area contributed by atoms with Gasteiger partial charge < -0.3 is 15.5 Å². The molecule has 23 heavy (non-hydrogen) atoms. The van der Waals surface area contributed by atoms with Gasteiger partial charge in [0.25, 0.3) is 0 Å². The second-order valence-electron chi connectivity index (χ2n) is 5.59. The van der Waals surface area contributed by atoms with Crippen LogP contribution in [-0.2, 0) is 11.3 Å². The number of hydrogen-bond donors (Lipinski definition) is 2. The van der Waals surface area contributed by atoms with Crippen LogP contribution in [0.3, 0.4) is 0 Å². The molecule has 0 unspecified atom stereocenters. The maximum Gasteiger partial charge on any atom is 0.315 e. The molecular formula is C16H23FN4O2. The Kier molecular flexibility index (Phi) is 6.77. The number of nitrogens with zero attached hydrogens (tertiary/aromatic N) is 2. The predicted molar refractivity (Wildman–Crippen MR) is 84.1 cm³/mol. The van der Waals surface area contributed by atoms with Crippen molar-refractivity contribution in [1.82, 2.24) is 20.5 Å². The molecule has 0 bridgehead atoms. The van der Waals surface area contributed by atoms with Gasteiger partial charge in [0.2, 0.25) is 5.91 Å². The summed E-state index contributed by atoms with van der Waals surface area (Å²) >= 11 is 0. The van der Waals surface area contributed by atoms with Gasteiger partial charge in [0.15, 0.2) is 0 Å². The van der Waals surface area contributed by atoms with E-state index in [1.54, 1.807) is 0 Å². The van der Waals surface area contributed by atoms with Crippen molar-refractivity contribution in [2.24, 2.45) is 0 Å². The molecule has 1 aliphatic heterocycles. The maximum absolute atomic E-state index is 13.4. The van der Waals surface area contributed by atoms with Crippen LogP contribution in [0.25, 0.3) is 0 Å². The van der Waals surface area contributed by atoms with E-state index in [9.17, 15) is 14.0 Å². The van der Waals surface area contributed by atoms with E-state index >= 15 is 0 Å². The summed E-state index contributed by atoms with van der Waals surface area (Å²) in [4.78, 5) is 29.2. The quantitative estimate of drug-likeness (QED) is 0.785. The summed E-state index contributed by atoms with van der Waals surface area (Å²) in [5.41, 5.74) is 0.206. The van der Waals surface area contributed by atoms with Gasteiger partial charge in [-0.2, -0.15) is 0 Å². The smallest absolute Gasteiger partial charge is 0.315 e. The first kappa shape index (κ1) is 17.2. The molecule has 1 fully saturated rings. The Morgan fingerprint density at radius 2 is 2.17 bits per heavy atom. The molecule has 7 heteroatoms. The van der Waals surface area contributed by atoms with E-state index in [-0.39, 0.29) is 24.2 Å². The third-order valence-electron chi connectivity index (χ3n) is 3.81. The molecule has 1 aromatic rings. The molecule has 0 atom stereocenters. The van der Waals surface area contributed by atoms with Crippen LogP contribution < -0.4 is 10.6 Å². The highest BCUT2D eigenvalue weighted by molar-refractivity contribution is 5.76. The van der Waals surface area contributed by atoms with E-state index in [4.69, 9.17) is 0 Å².